The molecule has 0 saturated heterocycles. The summed E-state index contributed by atoms with van der Waals surface area (Å²) in [5, 5.41) is 4.39. The highest BCUT2D eigenvalue weighted by molar-refractivity contribution is 5.20. The van der Waals surface area contributed by atoms with Gasteiger partial charge in [0.15, 0.2) is 0 Å². The van der Waals surface area contributed by atoms with E-state index in [4.69, 9.17) is 5.73 Å². The summed E-state index contributed by atoms with van der Waals surface area (Å²) in [4.78, 5) is 6.57. The first-order chi connectivity index (χ1) is 9.02. The van der Waals surface area contributed by atoms with Gasteiger partial charge in [0.1, 0.15) is 5.82 Å². The van der Waals surface area contributed by atoms with E-state index in [0.717, 1.165) is 18.1 Å². The highest BCUT2D eigenvalue weighted by Crippen LogP contribution is 2.22. The summed E-state index contributed by atoms with van der Waals surface area (Å²) in [5.41, 5.74) is 8.16. The number of imidazole rings is 1. The number of aromatic nitrogens is 4. The molecule has 6 nitrogen and oxygen atoms in total. The van der Waals surface area contributed by atoms with Crippen LogP contribution in [0.25, 0.3) is 0 Å². The summed E-state index contributed by atoms with van der Waals surface area (Å²) in [6, 6.07) is 0.158. The van der Waals surface area contributed by atoms with Crippen LogP contribution in [0, 0.1) is 6.92 Å². The molecule has 2 rings (SSSR count). The topological polar surface area (TPSA) is 64.9 Å². The maximum atomic E-state index is 5.94. The maximum absolute atomic E-state index is 5.94. The number of nitrogens with two attached hydrogens (primary N) is 1. The third-order valence-electron chi connectivity index (χ3n) is 3.48. The summed E-state index contributed by atoms with van der Waals surface area (Å²) in [5.74, 6) is 1.03. The van der Waals surface area contributed by atoms with Gasteiger partial charge in [-0.1, -0.05) is 0 Å². The van der Waals surface area contributed by atoms with Gasteiger partial charge in [-0.25, -0.2) is 4.98 Å². The zero-order valence-electron chi connectivity index (χ0n) is 12.0. The number of aryl methyl sites for hydroxylation is 3. The molecule has 2 aromatic rings. The molecule has 0 bridgehead atoms. The molecule has 6 heteroatoms. The molecule has 1 unspecified atom stereocenters. The van der Waals surface area contributed by atoms with E-state index in [-0.39, 0.29) is 6.04 Å². The average molecular weight is 262 g/mol. The van der Waals surface area contributed by atoms with Crippen LogP contribution in [0.15, 0.2) is 18.6 Å². The van der Waals surface area contributed by atoms with Gasteiger partial charge in [0.2, 0.25) is 0 Å². The van der Waals surface area contributed by atoms with E-state index in [1.54, 1.807) is 0 Å². The van der Waals surface area contributed by atoms with E-state index in [9.17, 15) is 0 Å². The van der Waals surface area contributed by atoms with Gasteiger partial charge in [-0.3, -0.25) is 9.58 Å². The van der Waals surface area contributed by atoms with E-state index in [1.807, 2.05) is 48.9 Å². The molecule has 0 fully saturated rings. The summed E-state index contributed by atoms with van der Waals surface area (Å²) in [6.45, 7) is 3.35. The monoisotopic (exact) mass is 262 g/mol. The van der Waals surface area contributed by atoms with E-state index in [0.29, 0.717) is 6.54 Å². The fourth-order valence-electron chi connectivity index (χ4n) is 2.37. The molecule has 0 radical (unpaired) electrons. The minimum atomic E-state index is 0.158. The van der Waals surface area contributed by atoms with Crippen molar-refractivity contribution in [2.75, 3.05) is 13.6 Å². The van der Waals surface area contributed by atoms with Crippen LogP contribution in [0.2, 0.25) is 0 Å². The van der Waals surface area contributed by atoms with Gasteiger partial charge in [-0.2, -0.15) is 5.10 Å². The average Bonchev–Trinajstić information content (AvgIpc) is 2.88. The van der Waals surface area contributed by atoms with Gasteiger partial charge in [0.25, 0.3) is 0 Å². The Balaban J connectivity index is 2.18. The van der Waals surface area contributed by atoms with Crippen molar-refractivity contribution in [1.29, 1.82) is 0 Å². The van der Waals surface area contributed by atoms with Crippen molar-refractivity contribution in [1.82, 2.24) is 24.2 Å². The standard InChI is InChI=1S/C13H22N6/c1-10-11(8-19(4)16-10)12(7-14)18(3)9-13-15-5-6-17(13)2/h5-6,8,12H,7,9,14H2,1-4H3. The van der Waals surface area contributed by atoms with Crippen molar-refractivity contribution < 1.29 is 0 Å². The molecule has 0 spiro atoms. The van der Waals surface area contributed by atoms with Crippen LogP contribution >= 0.6 is 0 Å². The first-order valence-electron chi connectivity index (χ1n) is 6.39. The Labute approximate surface area is 113 Å². The van der Waals surface area contributed by atoms with Gasteiger partial charge in [0.05, 0.1) is 18.3 Å². The fourth-order valence-corrected chi connectivity index (χ4v) is 2.37. The second-order valence-corrected chi connectivity index (χ2v) is 4.96. The third kappa shape index (κ3) is 2.85. The van der Waals surface area contributed by atoms with Crippen molar-refractivity contribution in [3.63, 3.8) is 0 Å². The van der Waals surface area contributed by atoms with Gasteiger partial charge in [0, 0.05) is 44.8 Å². The molecule has 0 aliphatic heterocycles. The van der Waals surface area contributed by atoms with Crippen molar-refractivity contribution in [3.05, 3.63) is 35.7 Å². The second-order valence-electron chi connectivity index (χ2n) is 4.96. The Hall–Kier alpha value is -1.66. The zero-order chi connectivity index (χ0) is 14.0. The molecule has 1 atom stereocenters. The SMILES string of the molecule is Cc1nn(C)cc1C(CN)N(C)Cc1nccn1C. The summed E-state index contributed by atoms with van der Waals surface area (Å²) >= 11 is 0. The Kier molecular flexibility index (Phi) is 4.01. The lowest BCUT2D eigenvalue weighted by Crippen LogP contribution is -2.31. The van der Waals surface area contributed by atoms with Crippen molar-refractivity contribution in [2.24, 2.45) is 19.8 Å². The minimum Gasteiger partial charge on any atom is -0.337 e. The normalized spacial score (nSPS) is 13.2. The maximum Gasteiger partial charge on any atom is 0.122 e. The number of rotatable bonds is 5. The molecule has 19 heavy (non-hydrogen) atoms. The van der Waals surface area contributed by atoms with Gasteiger partial charge >= 0.3 is 0 Å². The lowest BCUT2D eigenvalue weighted by Gasteiger charge is -2.26. The van der Waals surface area contributed by atoms with Crippen LogP contribution < -0.4 is 5.73 Å². The van der Waals surface area contributed by atoms with E-state index in [1.165, 1.54) is 5.56 Å². The lowest BCUT2D eigenvalue weighted by molar-refractivity contribution is 0.233. The predicted octanol–water partition coefficient (Wildman–Crippen LogP) is 0.594. The van der Waals surface area contributed by atoms with E-state index < -0.39 is 0 Å². The molecule has 2 aromatic heterocycles. The molecule has 2 heterocycles. The minimum absolute atomic E-state index is 0.158. The van der Waals surface area contributed by atoms with Crippen LogP contribution in [-0.4, -0.2) is 37.8 Å². The molecular formula is C13H22N6. The Bertz CT molecular complexity index is 541. The van der Waals surface area contributed by atoms with Gasteiger partial charge in [-0.05, 0) is 14.0 Å². The largest absolute Gasteiger partial charge is 0.337 e. The number of nitrogens with zero attached hydrogens (tertiary/aromatic N) is 5. The lowest BCUT2D eigenvalue weighted by atomic mass is 10.1. The molecular weight excluding hydrogens is 240 g/mol. The molecule has 0 amide bonds. The summed E-state index contributed by atoms with van der Waals surface area (Å²) in [6.07, 6.45) is 5.81. The second kappa shape index (κ2) is 5.54. The van der Waals surface area contributed by atoms with E-state index >= 15 is 0 Å². The smallest absolute Gasteiger partial charge is 0.122 e. The van der Waals surface area contributed by atoms with E-state index in [2.05, 4.69) is 22.0 Å². The van der Waals surface area contributed by atoms with Crippen molar-refractivity contribution in [3.8, 4) is 0 Å². The molecule has 2 N–H and O–H groups in total. The number of hydrogen-bond acceptors (Lipinski definition) is 4. The highest BCUT2D eigenvalue weighted by atomic mass is 15.3. The summed E-state index contributed by atoms with van der Waals surface area (Å²) in [7, 11) is 6.00. The fraction of sp³-hybridized carbons (Fsp3) is 0.538. The van der Waals surface area contributed by atoms with Gasteiger partial charge < -0.3 is 10.3 Å². The quantitative estimate of drug-likeness (QED) is 0.856. The number of hydrogen-bond donors (Lipinski definition) is 1. The van der Waals surface area contributed by atoms with Crippen LogP contribution in [0.1, 0.15) is 23.1 Å². The van der Waals surface area contributed by atoms with Gasteiger partial charge in [-0.15, -0.1) is 0 Å². The van der Waals surface area contributed by atoms with Crippen molar-refractivity contribution >= 4 is 0 Å². The molecule has 0 saturated carbocycles. The van der Waals surface area contributed by atoms with Crippen LogP contribution in [0.4, 0.5) is 0 Å². The van der Waals surface area contributed by atoms with Crippen LogP contribution in [0.5, 0.6) is 0 Å². The first kappa shape index (κ1) is 13.8. The third-order valence-corrected chi connectivity index (χ3v) is 3.48. The Morgan fingerprint density at radius 1 is 1.42 bits per heavy atom. The molecule has 0 aromatic carbocycles. The Morgan fingerprint density at radius 2 is 2.16 bits per heavy atom. The van der Waals surface area contributed by atoms with Crippen molar-refractivity contribution in [2.45, 2.75) is 19.5 Å². The molecule has 104 valence electrons. The number of likely N-dealkylation sites (N-methyl/N-ethyl adjacent to an activating group) is 1. The molecule has 0 aliphatic carbocycles. The highest BCUT2D eigenvalue weighted by Gasteiger charge is 2.20. The van der Waals surface area contributed by atoms with Crippen LogP contribution in [-0.2, 0) is 20.6 Å². The first-order valence-corrected chi connectivity index (χ1v) is 6.39. The predicted molar refractivity (Wildman–Crippen MR) is 74.4 cm³/mol. The Morgan fingerprint density at radius 3 is 2.63 bits per heavy atom. The zero-order valence-corrected chi connectivity index (χ0v) is 12.0. The molecule has 0 aliphatic rings. The van der Waals surface area contributed by atoms with Crippen LogP contribution in [0.3, 0.4) is 0 Å². The summed E-state index contributed by atoms with van der Waals surface area (Å²) < 4.78 is 3.86.